The maximum atomic E-state index is 14.2. The van der Waals surface area contributed by atoms with Gasteiger partial charge in [0.05, 0.1) is 37.1 Å². The first-order valence-electron chi connectivity index (χ1n) is 22.0. The number of rotatable bonds is 20. The highest BCUT2D eigenvalue weighted by Crippen LogP contribution is 2.27. The minimum Gasteiger partial charge on any atom is -0.508 e. The molecular formula is C47H57N7O17. The predicted molar refractivity (Wildman–Crippen MR) is 245 cm³/mol. The molecule has 7 amide bonds. The minimum atomic E-state index is -2.30. The number of aliphatic hydroxyl groups is 8. The standard InChI is InChI=1S/C47H57N7O17/c1-5-6-7-8-17-71-31-15-11-27(12-16-31)42(65)49-32(18-30(60)22-55)43(66)50-34(24(3)56)46(69)53-21-29(59)19-33(53)44(67)52-36(40(63)39(62)26-9-13-28(58)14-10-26)45(68)51-35(25(4)57)47(70)54-20-23(2)38(61)37(54)41(48)64/h1,9-16,23-25,29-30,32-40,55-63H,18-22H2,2-4H3,(H2,48,64)(H,49,65)(H,50,66)(H,51,68)(H,52,67)/t23-,24?,25?,29+,30+,32?,33-,34-,35-,36-,37-,38-,39-,40-/m0/s1. The zero-order chi connectivity index (χ0) is 52.9. The summed E-state index contributed by atoms with van der Waals surface area (Å²) < 4.78 is 5.19. The third-order valence-electron chi connectivity index (χ3n) is 11.6. The molecule has 2 heterocycles. The van der Waals surface area contributed by atoms with Gasteiger partial charge in [0, 0.05) is 49.3 Å². The van der Waals surface area contributed by atoms with Crippen molar-refractivity contribution in [2.45, 2.75) is 113 Å². The van der Waals surface area contributed by atoms with Crippen LogP contribution < -0.4 is 31.7 Å². The molecule has 0 aliphatic carbocycles. The Kier molecular flexibility index (Phi) is 20.2. The van der Waals surface area contributed by atoms with Gasteiger partial charge in [-0.2, -0.15) is 0 Å². The topological polar surface area (TPSA) is 391 Å². The Labute approximate surface area is 407 Å². The number of benzene rings is 2. The number of nitrogens with two attached hydrogens (primary N) is 1. The molecule has 2 aromatic rings. The van der Waals surface area contributed by atoms with Crippen molar-refractivity contribution in [1.29, 1.82) is 0 Å². The molecule has 2 fully saturated rings. The average Bonchev–Trinajstić information content (AvgIpc) is 3.88. The van der Waals surface area contributed by atoms with Crippen molar-refractivity contribution in [1.82, 2.24) is 31.1 Å². The summed E-state index contributed by atoms with van der Waals surface area (Å²) in [5.41, 5.74) is 5.36. The number of carbonyl (C=O) groups excluding carboxylic acids is 7. The lowest BCUT2D eigenvalue weighted by molar-refractivity contribution is -0.147. The molecule has 71 heavy (non-hydrogen) atoms. The number of β-amino-alcohol motifs (C(OH)–C–C–N with tert-alkyl or cyclic N) is 1. The fourth-order valence-corrected chi connectivity index (χ4v) is 7.79. The molecule has 24 nitrogen and oxygen atoms in total. The van der Waals surface area contributed by atoms with Crippen LogP contribution in [0.4, 0.5) is 0 Å². The van der Waals surface area contributed by atoms with Crippen LogP contribution >= 0.6 is 0 Å². The second-order valence-corrected chi connectivity index (χ2v) is 17.0. The van der Waals surface area contributed by atoms with Crippen molar-refractivity contribution in [3.63, 3.8) is 0 Å². The molecule has 2 aliphatic rings. The van der Waals surface area contributed by atoms with Gasteiger partial charge in [0.1, 0.15) is 66.1 Å². The number of hydrogen-bond acceptors (Lipinski definition) is 17. The number of likely N-dealkylation sites (tertiary alicyclic amines) is 2. The Hall–Kier alpha value is -7.31. The smallest absolute Gasteiger partial charge is 0.251 e. The number of nitrogens with one attached hydrogen (secondary N) is 4. The molecule has 15 N–H and O–H groups in total. The van der Waals surface area contributed by atoms with Gasteiger partial charge in [-0.15, -0.1) is 6.42 Å². The number of terminal acetylenes is 1. The number of hydrogen-bond donors (Lipinski definition) is 14. The normalized spacial score (nSPS) is 22.1. The summed E-state index contributed by atoms with van der Waals surface area (Å²) in [5, 5.41) is 104. The van der Waals surface area contributed by atoms with Gasteiger partial charge in [0.2, 0.25) is 35.4 Å². The summed E-state index contributed by atoms with van der Waals surface area (Å²) >= 11 is 0. The fourth-order valence-electron chi connectivity index (χ4n) is 7.79. The predicted octanol–water partition coefficient (Wildman–Crippen LogP) is -5.82. The van der Waals surface area contributed by atoms with E-state index in [9.17, 15) is 79.5 Å². The molecule has 0 radical (unpaired) electrons. The number of primary amides is 1. The molecule has 0 spiro atoms. The van der Waals surface area contributed by atoms with Crippen LogP contribution in [0.15, 0.2) is 48.5 Å². The van der Waals surface area contributed by atoms with Crippen LogP contribution in [-0.4, -0.2) is 190 Å². The van der Waals surface area contributed by atoms with Crippen LogP contribution in [0.3, 0.4) is 0 Å². The first kappa shape index (κ1) is 56.3. The van der Waals surface area contributed by atoms with Gasteiger partial charge in [-0.05, 0) is 67.6 Å². The summed E-state index contributed by atoms with van der Waals surface area (Å²) in [7, 11) is 0. The van der Waals surface area contributed by atoms with E-state index in [4.69, 9.17) is 16.9 Å². The van der Waals surface area contributed by atoms with Gasteiger partial charge >= 0.3 is 0 Å². The summed E-state index contributed by atoms with van der Waals surface area (Å²) in [5.74, 6) is 0.275. The Bertz CT molecular complexity index is 2420. The third-order valence-corrected chi connectivity index (χ3v) is 11.6. The molecule has 14 atom stereocenters. The van der Waals surface area contributed by atoms with E-state index in [-0.39, 0.29) is 29.2 Å². The van der Waals surface area contributed by atoms with Gasteiger partial charge in [-0.3, -0.25) is 33.6 Å². The summed E-state index contributed by atoms with van der Waals surface area (Å²) in [6.45, 7) is 2.01. The molecule has 0 aromatic heterocycles. The molecule has 24 heteroatoms. The van der Waals surface area contributed by atoms with E-state index < -0.39 is 152 Å². The number of nitrogens with zero attached hydrogens (tertiary/aromatic N) is 2. The summed E-state index contributed by atoms with van der Waals surface area (Å²) in [6, 6.07) is -1.10. The average molecular weight is 992 g/mol. The van der Waals surface area contributed by atoms with Crippen molar-refractivity contribution in [3.8, 4) is 47.7 Å². The highest BCUT2D eigenvalue weighted by Gasteiger charge is 2.49. The Balaban J connectivity index is 1.60. The molecule has 0 bridgehead atoms. The van der Waals surface area contributed by atoms with E-state index in [1.54, 1.807) is 0 Å². The molecule has 2 saturated heterocycles. The molecule has 2 aliphatic heterocycles. The lowest BCUT2D eigenvalue weighted by Gasteiger charge is -2.34. The van der Waals surface area contributed by atoms with E-state index in [1.807, 2.05) is 0 Å². The van der Waals surface area contributed by atoms with Crippen LogP contribution in [0, 0.1) is 42.1 Å². The molecule has 4 rings (SSSR count). The van der Waals surface area contributed by atoms with Crippen molar-refractivity contribution >= 4 is 41.4 Å². The van der Waals surface area contributed by atoms with Crippen molar-refractivity contribution in [2.24, 2.45) is 11.7 Å². The van der Waals surface area contributed by atoms with Crippen molar-refractivity contribution in [2.75, 3.05) is 19.7 Å². The zero-order valence-corrected chi connectivity index (χ0v) is 38.6. The minimum absolute atomic E-state index is 0.0183. The Morgan fingerprint density at radius 2 is 1.38 bits per heavy atom. The highest BCUT2D eigenvalue weighted by atomic mass is 16.5. The maximum Gasteiger partial charge on any atom is 0.251 e. The van der Waals surface area contributed by atoms with Gasteiger partial charge in [0.15, 0.2) is 0 Å². The second-order valence-electron chi connectivity index (χ2n) is 17.0. The SMILES string of the molecule is C#CC#CC#COc1ccc(C(=O)NC(C[C@@H](O)CO)C(=O)N[C@H](C(=O)N2C[C@H](O)C[C@H]2C(=O)N[C@H](C(=O)N[C@H](C(=O)N2C[C@H](C)[C@H](O)[C@H]2C(N)=O)C(C)O)[C@H](O)[C@@H](O)c2ccc(O)cc2)C(C)O)cc1. The first-order chi connectivity index (χ1) is 33.5. The molecule has 382 valence electrons. The zero-order valence-electron chi connectivity index (χ0n) is 38.6. The van der Waals surface area contributed by atoms with E-state index in [0.29, 0.717) is 0 Å². The highest BCUT2D eigenvalue weighted by molar-refractivity contribution is 6.00. The van der Waals surface area contributed by atoms with Crippen LogP contribution in [-0.2, 0) is 28.8 Å². The van der Waals surface area contributed by atoms with E-state index in [2.05, 4.69) is 51.1 Å². The lowest BCUT2D eigenvalue weighted by atomic mass is 9.96. The molecule has 3 unspecified atom stereocenters. The second kappa shape index (κ2) is 25.5. The van der Waals surface area contributed by atoms with E-state index in [0.717, 1.165) is 35.8 Å². The summed E-state index contributed by atoms with van der Waals surface area (Å²) in [4.78, 5) is 97.4. The Morgan fingerprint density at radius 3 is 1.94 bits per heavy atom. The van der Waals surface area contributed by atoms with Crippen LogP contribution in [0.2, 0.25) is 0 Å². The number of phenolic OH excluding ortho intramolecular Hbond substituents is 1. The van der Waals surface area contributed by atoms with Crippen LogP contribution in [0.1, 0.15) is 55.6 Å². The number of aliphatic hydroxyl groups excluding tert-OH is 8. The monoisotopic (exact) mass is 991 g/mol. The quantitative estimate of drug-likeness (QED) is 0.0550. The number of carbonyl (C=O) groups is 7. The number of aromatic hydroxyl groups is 1. The summed E-state index contributed by atoms with van der Waals surface area (Å²) in [6.07, 6.45) is -6.03. The van der Waals surface area contributed by atoms with Crippen LogP contribution in [0.5, 0.6) is 11.5 Å². The van der Waals surface area contributed by atoms with Crippen molar-refractivity contribution in [3.05, 3.63) is 59.7 Å². The largest absolute Gasteiger partial charge is 0.508 e. The third kappa shape index (κ3) is 14.6. The number of ether oxygens (including phenoxy) is 1. The molecular weight excluding hydrogens is 935 g/mol. The van der Waals surface area contributed by atoms with Gasteiger partial charge < -0.3 is 87.5 Å². The van der Waals surface area contributed by atoms with Gasteiger partial charge in [0.25, 0.3) is 5.91 Å². The fraction of sp³-hybridized carbons (Fsp3) is 0.468. The number of phenols is 1. The first-order valence-corrected chi connectivity index (χ1v) is 22.0. The number of amides is 7. The maximum absolute atomic E-state index is 14.2. The van der Waals surface area contributed by atoms with Crippen LogP contribution in [0.25, 0.3) is 0 Å². The lowest BCUT2D eigenvalue weighted by Crippen LogP contribution is -2.64. The van der Waals surface area contributed by atoms with E-state index in [1.165, 1.54) is 43.3 Å². The van der Waals surface area contributed by atoms with Gasteiger partial charge in [-0.25, -0.2) is 0 Å². The van der Waals surface area contributed by atoms with Gasteiger partial charge in [-0.1, -0.05) is 19.1 Å². The Morgan fingerprint density at radius 1 is 0.789 bits per heavy atom. The molecule has 0 saturated carbocycles. The van der Waals surface area contributed by atoms with Crippen molar-refractivity contribution < 1.29 is 84.3 Å². The van der Waals surface area contributed by atoms with E-state index >= 15 is 0 Å². The molecule has 2 aromatic carbocycles.